The van der Waals surface area contributed by atoms with Gasteiger partial charge in [-0.3, -0.25) is 9.48 Å². The van der Waals surface area contributed by atoms with Crippen molar-refractivity contribution >= 4 is 34.7 Å². The van der Waals surface area contributed by atoms with E-state index in [0.717, 1.165) is 20.8 Å². The fourth-order valence-corrected chi connectivity index (χ4v) is 4.55. The molecule has 1 aliphatic heterocycles. The second kappa shape index (κ2) is 7.62. The maximum absolute atomic E-state index is 13.8. The number of carbonyl (C=O) groups is 1. The first-order valence-corrected chi connectivity index (χ1v) is 10.3. The van der Waals surface area contributed by atoms with Crippen LogP contribution >= 0.6 is 22.9 Å². The van der Waals surface area contributed by atoms with Crippen LogP contribution in [0.25, 0.3) is 0 Å². The lowest BCUT2D eigenvalue weighted by molar-refractivity contribution is -0.173. The third kappa shape index (κ3) is 3.79. The van der Waals surface area contributed by atoms with Crippen LogP contribution < -0.4 is 10.6 Å². The first-order valence-electron chi connectivity index (χ1n) is 9.07. The number of rotatable bonds is 4. The SMILES string of the molecule is Cc1nn(C)cc1CNC(=O)c1nn2c(c1Cl)NC(c1cccs1)CC2C(F)(F)F. The van der Waals surface area contributed by atoms with Gasteiger partial charge in [0.05, 0.1) is 11.7 Å². The number of carbonyl (C=O) groups excluding carboxylic acids is 1. The van der Waals surface area contributed by atoms with Gasteiger partial charge in [-0.15, -0.1) is 11.3 Å². The van der Waals surface area contributed by atoms with E-state index in [4.69, 9.17) is 11.6 Å². The number of aryl methyl sites for hydroxylation is 2. The molecule has 0 spiro atoms. The molecule has 1 aliphatic rings. The lowest BCUT2D eigenvalue weighted by Gasteiger charge is -2.32. The molecule has 2 unspecified atom stereocenters. The number of aromatic nitrogens is 4. The molecule has 4 rings (SSSR count). The zero-order valence-electron chi connectivity index (χ0n) is 16.0. The summed E-state index contributed by atoms with van der Waals surface area (Å²) >= 11 is 7.66. The number of hydrogen-bond acceptors (Lipinski definition) is 5. The van der Waals surface area contributed by atoms with E-state index in [-0.39, 0.29) is 29.5 Å². The van der Waals surface area contributed by atoms with E-state index in [1.165, 1.54) is 11.3 Å². The topological polar surface area (TPSA) is 76.8 Å². The van der Waals surface area contributed by atoms with Gasteiger partial charge in [0.15, 0.2) is 11.7 Å². The monoisotopic (exact) mass is 458 g/mol. The predicted molar refractivity (Wildman–Crippen MR) is 107 cm³/mol. The molecule has 0 aromatic carbocycles. The van der Waals surface area contributed by atoms with E-state index in [1.807, 2.05) is 0 Å². The van der Waals surface area contributed by atoms with Gasteiger partial charge >= 0.3 is 6.18 Å². The number of anilines is 1. The molecule has 3 aromatic rings. The van der Waals surface area contributed by atoms with Crippen LogP contribution in [-0.2, 0) is 13.6 Å². The Hall–Kier alpha value is -2.53. The summed E-state index contributed by atoms with van der Waals surface area (Å²) in [5.74, 6) is -0.660. The minimum Gasteiger partial charge on any atom is -0.361 e. The zero-order valence-corrected chi connectivity index (χ0v) is 17.6. The van der Waals surface area contributed by atoms with E-state index in [2.05, 4.69) is 20.8 Å². The van der Waals surface area contributed by atoms with Gasteiger partial charge < -0.3 is 10.6 Å². The number of halogens is 4. The van der Waals surface area contributed by atoms with E-state index in [9.17, 15) is 18.0 Å². The molecule has 0 aliphatic carbocycles. The second-order valence-corrected chi connectivity index (χ2v) is 8.41. The van der Waals surface area contributed by atoms with Gasteiger partial charge in [0.1, 0.15) is 10.8 Å². The van der Waals surface area contributed by atoms with E-state index in [1.54, 1.807) is 42.4 Å². The fraction of sp³-hybridized carbons (Fsp3) is 0.389. The summed E-state index contributed by atoms with van der Waals surface area (Å²) in [5, 5.41) is 15.4. The van der Waals surface area contributed by atoms with E-state index < -0.39 is 24.2 Å². The number of fused-ring (bicyclic) bond motifs is 1. The van der Waals surface area contributed by atoms with Crippen LogP contribution in [0.3, 0.4) is 0 Å². The first-order chi connectivity index (χ1) is 14.1. The van der Waals surface area contributed by atoms with Crippen LogP contribution in [0.1, 0.15) is 45.1 Å². The van der Waals surface area contributed by atoms with Crippen LogP contribution in [0.4, 0.5) is 19.0 Å². The van der Waals surface area contributed by atoms with Crippen molar-refractivity contribution in [1.82, 2.24) is 24.9 Å². The maximum Gasteiger partial charge on any atom is 0.410 e. The first kappa shape index (κ1) is 20.7. The van der Waals surface area contributed by atoms with Crippen molar-refractivity contribution in [3.8, 4) is 0 Å². The summed E-state index contributed by atoms with van der Waals surface area (Å²) in [7, 11) is 1.76. The molecule has 0 radical (unpaired) electrons. The average Bonchev–Trinajstić information content (AvgIpc) is 3.38. The van der Waals surface area contributed by atoms with Crippen molar-refractivity contribution in [3.05, 3.63) is 50.6 Å². The summed E-state index contributed by atoms with van der Waals surface area (Å²) in [6, 6.07) is 1.07. The normalized spacial score (nSPS) is 18.7. The number of nitrogens with zero attached hydrogens (tertiary/aromatic N) is 4. The number of amides is 1. The number of alkyl halides is 3. The van der Waals surface area contributed by atoms with Crippen LogP contribution in [0, 0.1) is 6.92 Å². The third-order valence-electron chi connectivity index (χ3n) is 4.95. The van der Waals surface area contributed by atoms with Gasteiger partial charge in [-0.1, -0.05) is 17.7 Å². The molecular formula is C18H18ClF3N6OS. The summed E-state index contributed by atoms with van der Waals surface area (Å²) in [4.78, 5) is 13.4. The number of hydrogen-bond donors (Lipinski definition) is 2. The van der Waals surface area contributed by atoms with Crippen LogP contribution in [0.5, 0.6) is 0 Å². The predicted octanol–water partition coefficient (Wildman–Crippen LogP) is 4.23. The summed E-state index contributed by atoms with van der Waals surface area (Å²) in [5.41, 5.74) is 1.28. The van der Waals surface area contributed by atoms with Gasteiger partial charge in [-0.05, 0) is 18.4 Å². The van der Waals surface area contributed by atoms with E-state index in [0.29, 0.717) is 0 Å². The average molecular weight is 459 g/mol. The van der Waals surface area contributed by atoms with Crippen molar-refractivity contribution in [3.63, 3.8) is 0 Å². The van der Waals surface area contributed by atoms with Crippen LogP contribution in [0.2, 0.25) is 5.02 Å². The van der Waals surface area contributed by atoms with Crippen molar-refractivity contribution in [2.24, 2.45) is 7.05 Å². The standard InChI is InChI=1S/C18H18ClF3N6OS/c1-9-10(8-27(2)25-9)7-23-17(29)15-14(19)16-24-11(12-4-3-5-30-12)6-13(18(20,21)22)28(16)26-15/h3-5,8,11,13,24H,6-7H2,1-2H3,(H,23,29). The summed E-state index contributed by atoms with van der Waals surface area (Å²) < 4.78 is 43.7. The van der Waals surface area contributed by atoms with Crippen molar-refractivity contribution in [2.45, 2.75) is 38.1 Å². The van der Waals surface area contributed by atoms with Crippen LogP contribution in [0.15, 0.2) is 23.7 Å². The Morgan fingerprint density at radius 3 is 2.80 bits per heavy atom. The van der Waals surface area contributed by atoms with Gasteiger partial charge in [0.25, 0.3) is 5.91 Å². The Balaban J connectivity index is 1.62. The molecule has 2 atom stereocenters. The molecule has 3 aromatic heterocycles. The van der Waals surface area contributed by atoms with Gasteiger partial charge in [0.2, 0.25) is 0 Å². The highest BCUT2D eigenvalue weighted by atomic mass is 35.5. The Bertz CT molecular complexity index is 1070. The Kier molecular flexibility index (Phi) is 5.27. The van der Waals surface area contributed by atoms with Crippen molar-refractivity contribution in [1.29, 1.82) is 0 Å². The number of thiophene rings is 1. The Morgan fingerprint density at radius 1 is 1.43 bits per heavy atom. The van der Waals surface area contributed by atoms with Gasteiger partial charge in [-0.2, -0.15) is 23.4 Å². The Labute approximate surface area is 178 Å². The molecule has 4 heterocycles. The molecule has 0 bridgehead atoms. The minimum atomic E-state index is -4.54. The highest BCUT2D eigenvalue weighted by molar-refractivity contribution is 7.10. The highest BCUT2D eigenvalue weighted by Crippen LogP contribution is 2.46. The highest BCUT2D eigenvalue weighted by Gasteiger charge is 2.48. The van der Waals surface area contributed by atoms with Crippen molar-refractivity contribution in [2.75, 3.05) is 5.32 Å². The van der Waals surface area contributed by atoms with Gasteiger partial charge in [-0.25, -0.2) is 4.68 Å². The molecule has 12 heteroatoms. The summed E-state index contributed by atoms with van der Waals surface area (Å²) in [6.07, 6.45) is -3.03. The second-order valence-electron chi connectivity index (χ2n) is 7.06. The lowest BCUT2D eigenvalue weighted by Crippen LogP contribution is -2.35. The third-order valence-corrected chi connectivity index (χ3v) is 6.30. The molecule has 1 amide bonds. The largest absolute Gasteiger partial charge is 0.410 e. The lowest BCUT2D eigenvalue weighted by atomic mass is 10.0. The summed E-state index contributed by atoms with van der Waals surface area (Å²) in [6.45, 7) is 1.96. The molecule has 2 N–H and O–H groups in total. The molecule has 7 nitrogen and oxygen atoms in total. The number of nitrogens with one attached hydrogen (secondary N) is 2. The smallest absolute Gasteiger partial charge is 0.361 e. The molecule has 0 saturated carbocycles. The fourth-order valence-electron chi connectivity index (χ4n) is 3.49. The molecule has 30 heavy (non-hydrogen) atoms. The molecule has 160 valence electrons. The quantitative estimate of drug-likeness (QED) is 0.613. The maximum atomic E-state index is 13.8. The van der Waals surface area contributed by atoms with E-state index >= 15 is 0 Å². The molecular weight excluding hydrogens is 441 g/mol. The minimum absolute atomic E-state index is 0.00801. The zero-order chi connectivity index (χ0) is 21.6. The van der Waals surface area contributed by atoms with Gasteiger partial charge in [0, 0.05) is 36.7 Å². The van der Waals surface area contributed by atoms with Crippen molar-refractivity contribution < 1.29 is 18.0 Å². The van der Waals surface area contributed by atoms with Crippen LogP contribution in [-0.4, -0.2) is 31.6 Å². The molecule has 0 fully saturated rings. The Morgan fingerprint density at radius 2 is 2.20 bits per heavy atom. The molecule has 0 saturated heterocycles.